The Morgan fingerprint density at radius 1 is 1.32 bits per heavy atom. The van der Waals surface area contributed by atoms with Gasteiger partial charge in [-0.2, -0.15) is 0 Å². The maximum atomic E-state index is 14.0. The molecule has 128 valence electrons. The third-order valence-electron chi connectivity index (χ3n) is 4.35. The predicted octanol–water partition coefficient (Wildman–Crippen LogP) is 3.85. The molecule has 3 heterocycles. The van der Waals surface area contributed by atoms with E-state index in [4.69, 9.17) is 11.6 Å². The Labute approximate surface area is 152 Å². The van der Waals surface area contributed by atoms with Crippen LogP contribution in [-0.2, 0) is 19.5 Å². The van der Waals surface area contributed by atoms with Gasteiger partial charge in [-0.05, 0) is 23.6 Å². The number of H-pyrrole nitrogens is 1. The van der Waals surface area contributed by atoms with Crippen molar-refractivity contribution in [3.63, 3.8) is 0 Å². The summed E-state index contributed by atoms with van der Waals surface area (Å²) in [5, 5.41) is 2.36. The normalized spacial score (nSPS) is 14.5. The fourth-order valence-electron chi connectivity index (χ4n) is 3.05. The van der Waals surface area contributed by atoms with E-state index in [0.29, 0.717) is 48.0 Å². The van der Waals surface area contributed by atoms with Crippen molar-refractivity contribution >= 4 is 22.9 Å². The topological polar surface area (TPSA) is 49.0 Å². The van der Waals surface area contributed by atoms with Gasteiger partial charge in [-0.1, -0.05) is 23.7 Å². The molecule has 1 aliphatic rings. The predicted molar refractivity (Wildman–Crippen MR) is 97.4 cm³/mol. The van der Waals surface area contributed by atoms with Gasteiger partial charge in [0.15, 0.2) is 5.82 Å². The number of nitrogens with one attached hydrogen (secondary N) is 1. The van der Waals surface area contributed by atoms with Crippen LogP contribution in [0.3, 0.4) is 0 Å². The molecule has 7 heteroatoms. The van der Waals surface area contributed by atoms with E-state index in [9.17, 15) is 9.18 Å². The number of aromatic amines is 1. The zero-order chi connectivity index (χ0) is 17.4. The monoisotopic (exact) mass is 375 g/mol. The van der Waals surface area contributed by atoms with E-state index >= 15 is 0 Å². The minimum atomic E-state index is -0.321. The minimum absolute atomic E-state index is 0.127. The molecule has 0 aliphatic carbocycles. The lowest BCUT2D eigenvalue weighted by Crippen LogP contribution is -2.35. The molecule has 0 atom stereocenters. The number of rotatable bonds is 3. The van der Waals surface area contributed by atoms with Gasteiger partial charge < -0.3 is 4.98 Å². The van der Waals surface area contributed by atoms with Crippen LogP contribution in [0.5, 0.6) is 0 Å². The summed E-state index contributed by atoms with van der Waals surface area (Å²) in [6.07, 6.45) is 0.656. The van der Waals surface area contributed by atoms with Gasteiger partial charge in [0.1, 0.15) is 5.82 Å². The Morgan fingerprint density at radius 3 is 2.96 bits per heavy atom. The summed E-state index contributed by atoms with van der Waals surface area (Å²) < 4.78 is 14.0. The molecule has 0 saturated heterocycles. The van der Waals surface area contributed by atoms with Crippen LogP contribution in [0.1, 0.15) is 16.8 Å². The number of halogens is 2. The summed E-state index contributed by atoms with van der Waals surface area (Å²) in [6, 6.07) is 8.54. The van der Waals surface area contributed by atoms with E-state index in [1.807, 2.05) is 22.4 Å². The van der Waals surface area contributed by atoms with E-state index in [-0.39, 0.29) is 11.4 Å². The summed E-state index contributed by atoms with van der Waals surface area (Å²) in [4.78, 5) is 22.9. The first-order valence-electron chi connectivity index (χ1n) is 7.93. The van der Waals surface area contributed by atoms with E-state index in [1.54, 1.807) is 23.5 Å². The van der Waals surface area contributed by atoms with Crippen LogP contribution in [0, 0.1) is 5.82 Å². The summed E-state index contributed by atoms with van der Waals surface area (Å²) in [7, 11) is 0. The second kappa shape index (κ2) is 6.71. The standard InChI is InChI=1S/C18H15ClFN3OS/c19-13-3-1-4-14(20)11(13)9-23-7-6-15-12(10-23)18(24)22-17(21-15)16-5-2-8-25-16/h1-5,8H,6-7,9-10H2,(H,21,22,24). The number of benzene rings is 1. The number of fused-ring (bicyclic) bond motifs is 1. The molecule has 0 spiro atoms. The quantitative estimate of drug-likeness (QED) is 0.756. The fraction of sp³-hybridized carbons (Fsp3) is 0.222. The smallest absolute Gasteiger partial charge is 0.255 e. The van der Waals surface area contributed by atoms with Crippen molar-refractivity contribution in [3.05, 3.63) is 73.7 Å². The first kappa shape index (κ1) is 16.4. The Bertz CT molecular complexity index is 951. The second-order valence-corrected chi connectivity index (χ2v) is 7.33. The van der Waals surface area contributed by atoms with Crippen molar-refractivity contribution in [2.75, 3.05) is 6.54 Å². The molecule has 4 nitrogen and oxygen atoms in total. The van der Waals surface area contributed by atoms with E-state index < -0.39 is 0 Å². The van der Waals surface area contributed by atoms with Crippen molar-refractivity contribution in [2.45, 2.75) is 19.5 Å². The highest BCUT2D eigenvalue weighted by atomic mass is 35.5. The number of thiophene rings is 1. The lowest BCUT2D eigenvalue weighted by molar-refractivity contribution is 0.238. The van der Waals surface area contributed by atoms with Gasteiger partial charge in [0.05, 0.1) is 16.1 Å². The Hall–Kier alpha value is -2.02. The van der Waals surface area contributed by atoms with E-state index in [2.05, 4.69) is 9.97 Å². The SMILES string of the molecule is O=c1[nH]c(-c2cccs2)nc2c1CN(Cc1c(F)cccc1Cl)CC2. The van der Waals surface area contributed by atoms with Crippen LogP contribution >= 0.6 is 22.9 Å². The molecule has 1 N–H and O–H groups in total. The molecule has 1 aliphatic heterocycles. The van der Waals surface area contributed by atoms with Gasteiger partial charge in [-0.15, -0.1) is 11.3 Å². The Kier molecular flexibility index (Phi) is 4.41. The lowest BCUT2D eigenvalue weighted by atomic mass is 10.1. The van der Waals surface area contributed by atoms with E-state index in [0.717, 1.165) is 10.6 Å². The van der Waals surface area contributed by atoms with Gasteiger partial charge in [-0.25, -0.2) is 9.37 Å². The highest BCUT2D eigenvalue weighted by Crippen LogP contribution is 2.25. The maximum absolute atomic E-state index is 14.0. The molecule has 0 unspecified atom stereocenters. The van der Waals surface area contributed by atoms with Crippen molar-refractivity contribution in [1.82, 2.24) is 14.9 Å². The molecule has 0 radical (unpaired) electrons. The van der Waals surface area contributed by atoms with Crippen molar-refractivity contribution < 1.29 is 4.39 Å². The largest absolute Gasteiger partial charge is 0.306 e. The summed E-state index contributed by atoms with van der Waals surface area (Å²) in [5.74, 6) is 0.294. The molecular weight excluding hydrogens is 361 g/mol. The molecular formula is C18H15ClFN3OS. The molecule has 3 aromatic rings. The first-order chi connectivity index (χ1) is 12.1. The van der Waals surface area contributed by atoms with Gasteiger partial charge >= 0.3 is 0 Å². The van der Waals surface area contributed by atoms with Gasteiger partial charge in [0.25, 0.3) is 5.56 Å². The third-order valence-corrected chi connectivity index (χ3v) is 5.58. The maximum Gasteiger partial charge on any atom is 0.255 e. The molecule has 2 aromatic heterocycles. The van der Waals surface area contributed by atoms with Gasteiger partial charge in [-0.3, -0.25) is 9.69 Å². The Morgan fingerprint density at radius 2 is 2.20 bits per heavy atom. The molecule has 0 fully saturated rings. The summed E-state index contributed by atoms with van der Waals surface area (Å²) in [6.45, 7) is 1.52. The number of hydrogen-bond donors (Lipinski definition) is 1. The number of aromatic nitrogens is 2. The van der Waals surface area contributed by atoms with E-state index in [1.165, 1.54) is 6.07 Å². The van der Waals surface area contributed by atoms with Crippen LogP contribution in [0.4, 0.5) is 4.39 Å². The molecule has 0 bridgehead atoms. The van der Waals surface area contributed by atoms with Crippen molar-refractivity contribution in [3.8, 4) is 10.7 Å². The van der Waals surface area contributed by atoms with Crippen LogP contribution in [0.15, 0.2) is 40.5 Å². The first-order valence-corrected chi connectivity index (χ1v) is 9.19. The molecule has 4 rings (SSSR count). The lowest BCUT2D eigenvalue weighted by Gasteiger charge is -2.28. The zero-order valence-electron chi connectivity index (χ0n) is 13.3. The van der Waals surface area contributed by atoms with Crippen LogP contribution in [0.2, 0.25) is 5.02 Å². The number of hydrogen-bond acceptors (Lipinski definition) is 4. The highest BCUT2D eigenvalue weighted by molar-refractivity contribution is 7.13. The Balaban J connectivity index is 1.61. The summed E-state index contributed by atoms with van der Waals surface area (Å²) >= 11 is 7.65. The number of nitrogens with zero attached hydrogens (tertiary/aromatic N) is 2. The molecule has 25 heavy (non-hydrogen) atoms. The van der Waals surface area contributed by atoms with Crippen LogP contribution in [0.25, 0.3) is 10.7 Å². The van der Waals surface area contributed by atoms with Crippen LogP contribution < -0.4 is 5.56 Å². The summed E-state index contributed by atoms with van der Waals surface area (Å²) in [5.41, 5.74) is 1.81. The fourth-order valence-corrected chi connectivity index (χ4v) is 3.94. The molecule has 0 saturated carbocycles. The second-order valence-electron chi connectivity index (χ2n) is 5.98. The molecule has 1 aromatic carbocycles. The molecule has 0 amide bonds. The highest BCUT2D eigenvalue weighted by Gasteiger charge is 2.23. The average molecular weight is 376 g/mol. The minimum Gasteiger partial charge on any atom is -0.306 e. The van der Waals surface area contributed by atoms with Crippen LogP contribution in [-0.4, -0.2) is 21.4 Å². The van der Waals surface area contributed by atoms with Crippen molar-refractivity contribution in [1.29, 1.82) is 0 Å². The zero-order valence-corrected chi connectivity index (χ0v) is 14.8. The van der Waals surface area contributed by atoms with Gasteiger partial charge in [0.2, 0.25) is 0 Å². The third kappa shape index (κ3) is 3.25. The average Bonchev–Trinajstić information content (AvgIpc) is 3.13. The van der Waals surface area contributed by atoms with Crippen molar-refractivity contribution in [2.24, 2.45) is 0 Å². The van der Waals surface area contributed by atoms with Gasteiger partial charge in [0, 0.05) is 36.6 Å².